The quantitative estimate of drug-likeness (QED) is 0.889. The van der Waals surface area contributed by atoms with Gasteiger partial charge in [-0.2, -0.15) is 0 Å². The highest BCUT2D eigenvalue weighted by molar-refractivity contribution is 5.53. The first-order valence-electron chi connectivity index (χ1n) is 6.75. The average Bonchev–Trinajstić information content (AvgIpc) is 2.45. The molecule has 0 unspecified atom stereocenters. The van der Waals surface area contributed by atoms with Crippen molar-refractivity contribution in [3.05, 3.63) is 36.2 Å². The molecule has 100 valence electrons. The molecule has 0 amide bonds. The van der Waals surface area contributed by atoms with Crippen molar-refractivity contribution in [2.24, 2.45) is 0 Å². The summed E-state index contributed by atoms with van der Waals surface area (Å²) in [5.74, 6) is 1.93. The lowest BCUT2D eigenvalue weighted by atomic mass is 10.1. The Balaban J connectivity index is 2.39. The van der Waals surface area contributed by atoms with Gasteiger partial charge in [0.05, 0.1) is 0 Å². The van der Waals surface area contributed by atoms with Gasteiger partial charge in [-0.15, -0.1) is 0 Å². The van der Waals surface area contributed by atoms with Gasteiger partial charge in [-0.1, -0.05) is 26.8 Å². The van der Waals surface area contributed by atoms with Crippen molar-refractivity contribution in [3.8, 4) is 11.5 Å². The lowest BCUT2D eigenvalue weighted by Crippen LogP contribution is -2.06. The van der Waals surface area contributed by atoms with Gasteiger partial charge in [0.25, 0.3) is 0 Å². The second-order valence-electron chi connectivity index (χ2n) is 4.80. The van der Waals surface area contributed by atoms with Crippen LogP contribution in [0.5, 0.6) is 0 Å². The van der Waals surface area contributed by atoms with Gasteiger partial charge in [-0.25, -0.2) is 9.97 Å². The van der Waals surface area contributed by atoms with E-state index in [1.807, 2.05) is 24.3 Å². The summed E-state index contributed by atoms with van der Waals surface area (Å²) in [6.45, 7) is 7.32. The molecule has 0 radical (unpaired) electrons. The van der Waals surface area contributed by atoms with Crippen LogP contribution in [0.3, 0.4) is 0 Å². The highest BCUT2D eigenvalue weighted by atomic mass is 15.0. The first kappa shape index (κ1) is 13.5. The first-order chi connectivity index (χ1) is 9.20. The molecule has 0 atom stereocenters. The Hall–Kier alpha value is -1.97. The van der Waals surface area contributed by atoms with Crippen LogP contribution in [-0.2, 0) is 0 Å². The van der Waals surface area contributed by atoms with E-state index in [1.54, 1.807) is 6.20 Å². The van der Waals surface area contributed by atoms with Crippen LogP contribution in [0.25, 0.3) is 11.5 Å². The van der Waals surface area contributed by atoms with E-state index in [9.17, 15) is 0 Å². The molecular weight excluding hydrogens is 236 g/mol. The summed E-state index contributed by atoms with van der Waals surface area (Å²) >= 11 is 0. The predicted octanol–water partition coefficient (Wildman–Crippen LogP) is 3.48. The lowest BCUT2D eigenvalue weighted by Gasteiger charge is -2.11. The van der Waals surface area contributed by atoms with E-state index < -0.39 is 0 Å². The van der Waals surface area contributed by atoms with Crippen molar-refractivity contribution in [1.29, 1.82) is 0 Å². The van der Waals surface area contributed by atoms with Gasteiger partial charge < -0.3 is 5.32 Å². The molecule has 0 saturated carbocycles. The topological polar surface area (TPSA) is 50.7 Å². The molecule has 2 heterocycles. The van der Waals surface area contributed by atoms with Crippen molar-refractivity contribution in [3.63, 3.8) is 0 Å². The summed E-state index contributed by atoms with van der Waals surface area (Å²) in [5, 5.41) is 3.32. The lowest BCUT2D eigenvalue weighted by molar-refractivity contribution is 0.815. The van der Waals surface area contributed by atoms with Crippen LogP contribution in [0, 0.1) is 0 Å². The highest BCUT2D eigenvalue weighted by Crippen LogP contribution is 2.20. The molecule has 2 aromatic rings. The van der Waals surface area contributed by atoms with Crippen molar-refractivity contribution in [2.45, 2.75) is 33.1 Å². The van der Waals surface area contributed by atoms with Crippen molar-refractivity contribution in [1.82, 2.24) is 15.0 Å². The van der Waals surface area contributed by atoms with Crippen LogP contribution in [-0.4, -0.2) is 21.5 Å². The molecule has 0 saturated heterocycles. The van der Waals surface area contributed by atoms with E-state index in [0.717, 1.165) is 30.2 Å². The predicted molar refractivity (Wildman–Crippen MR) is 78.1 cm³/mol. The molecule has 0 aliphatic rings. The minimum Gasteiger partial charge on any atom is -0.370 e. The minimum atomic E-state index is 0.368. The summed E-state index contributed by atoms with van der Waals surface area (Å²) in [7, 11) is 0. The fourth-order valence-electron chi connectivity index (χ4n) is 1.71. The van der Waals surface area contributed by atoms with Crippen LogP contribution in [0.1, 0.15) is 38.8 Å². The zero-order valence-electron chi connectivity index (χ0n) is 11.7. The maximum absolute atomic E-state index is 4.60. The molecule has 4 heteroatoms. The second-order valence-corrected chi connectivity index (χ2v) is 4.80. The van der Waals surface area contributed by atoms with Gasteiger partial charge in [0, 0.05) is 24.5 Å². The number of aromatic nitrogens is 3. The van der Waals surface area contributed by atoms with Gasteiger partial charge >= 0.3 is 0 Å². The molecule has 19 heavy (non-hydrogen) atoms. The van der Waals surface area contributed by atoms with E-state index >= 15 is 0 Å². The Labute approximate surface area is 114 Å². The average molecular weight is 256 g/mol. The summed E-state index contributed by atoms with van der Waals surface area (Å²) in [5.41, 5.74) is 1.85. The monoisotopic (exact) mass is 256 g/mol. The van der Waals surface area contributed by atoms with Gasteiger partial charge in [-0.05, 0) is 24.5 Å². The number of nitrogens with one attached hydrogen (secondary N) is 1. The number of rotatable bonds is 5. The molecule has 0 aliphatic carbocycles. The number of hydrogen-bond acceptors (Lipinski definition) is 4. The van der Waals surface area contributed by atoms with Crippen molar-refractivity contribution in [2.75, 3.05) is 11.9 Å². The maximum Gasteiger partial charge on any atom is 0.180 e. The maximum atomic E-state index is 4.60. The highest BCUT2D eigenvalue weighted by Gasteiger charge is 2.09. The number of nitrogens with zero attached hydrogens (tertiary/aromatic N) is 3. The molecule has 0 bridgehead atoms. The van der Waals surface area contributed by atoms with E-state index in [1.165, 1.54) is 0 Å². The Morgan fingerprint density at radius 3 is 2.68 bits per heavy atom. The number of anilines is 1. The van der Waals surface area contributed by atoms with E-state index in [4.69, 9.17) is 0 Å². The Kier molecular flexibility index (Phi) is 4.44. The third-order valence-electron chi connectivity index (χ3n) is 2.79. The van der Waals surface area contributed by atoms with E-state index in [2.05, 4.69) is 41.0 Å². The number of hydrogen-bond donors (Lipinski definition) is 1. The third-order valence-corrected chi connectivity index (χ3v) is 2.79. The molecule has 4 nitrogen and oxygen atoms in total. The molecule has 1 N–H and O–H groups in total. The van der Waals surface area contributed by atoms with Gasteiger partial charge in [0.15, 0.2) is 5.82 Å². The van der Waals surface area contributed by atoms with Crippen molar-refractivity contribution >= 4 is 5.82 Å². The summed E-state index contributed by atoms with van der Waals surface area (Å²) < 4.78 is 0. The molecule has 0 spiro atoms. The zero-order valence-corrected chi connectivity index (χ0v) is 11.7. The first-order valence-corrected chi connectivity index (χ1v) is 6.75. The summed E-state index contributed by atoms with van der Waals surface area (Å²) in [6.07, 6.45) is 2.83. The van der Waals surface area contributed by atoms with Gasteiger partial charge in [0.1, 0.15) is 11.5 Å². The minimum absolute atomic E-state index is 0.368. The SMILES string of the molecule is CCCNc1cc(C(C)C)nc(-c2ccccn2)n1. The van der Waals surface area contributed by atoms with Gasteiger partial charge in [0.2, 0.25) is 0 Å². The van der Waals surface area contributed by atoms with Gasteiger partial charge in [-0.3, -0.25) is 4.98 Å². The molecule has 2 aromatic heterocycles. The molecule has 2 rings (SSSR count). The van der Waals surface area contributed by atoms with Crippen LogP contribution >= 0.6 is 0 Å². The number of pyridine rings is 1. The van der Waals surface area contributed by atoms with Crippen LogP contribution in [0.4, 0.5) is 5.82 Å². The van der Waals surface area contributed by atoms with Crippen LogP contribution < -0.4 is 5.32 Å². The Bertz CT molecular complexity index is 523. The third kappa shape index (κ3) is 3.50. The largest absolute Gasteiger partial charge is 0.370 e. The van der Waals surface area contributed by atoms with Crippen LogP contribution in [0.2, 0.25) is 0 Å². The standard InChI is InChI=1S/C15H20N4/c1-4-8-17-14-10-13(11(2)3)18-15(19-14)12-7-5-6-9-16-12/h5-7,9-11H,4,8H2,1-3H3,(H,17,18,19). The van der Waals surface area contributed by atoms with Crippen molar-refractivity contribution < 1.29 is 0 Å². The van der Waals surface area contributed by atoms with Crippen LogP contribution in [0.15, 0.2) is 30.5 Å². The second kappa shape index (κ2) is 6.27. The molecule has 0 aliphatic heterocycles. The molecule has 0 fully saturated rings. The smallest absolute Gasteiger partial charge is 0.180 e. The summed E-state index contributed by atoms with van der Waals surface area (Å²) in [4.78, 5) is 13.5. The molecular formula is C15H20N4. The van der Waals surface area contributed by atoms with E-state index in [-0.39, 0.29) is 0 Å². The van der Waals surface area contributed by atoms with E-state index in [0.29, 0.717) is 11.7 Å². The Morgan fingerprint density at radius 2 is 2.05 bits per heavy atom. The normalized spacial score (nSPS) is 10.7. The zero-order chi connectivity index (χ0) is 13.7. The fourth-order valence-corrected chi connectivity index (χ4v) is 1.71. The summed E-state index contributed by atoms with van der Waals surface area (Å²) in [6, 6.07) is 7.80. The fraction of sp³-hybridized carbons (Fsp3) is 0.400. The molecule has 0 aromatic carbocycles. The Morgan fingerprint density at radius 1 is 1.21 bits per heavy atom.